The van der Waals surface area contributed by atoms with Crippen molar-refractivity contribution >= 4 is 17.4 Å². The number of pyridine rings is 1. The highest BCUT2D eigenvalue weighted by Crippen LogP contribution is 2.25. The molecule has 0 radical (unpaired) electrons. The molecule has 1 amide bonds. The number of amides is 1. The summed E-state index contributed by atoms with van der Waals surface area (Å²) in [6, 6.07) is 20.0. The molecule has 0 bridgehead atoms. The molecule has 39 heavy (non-hydrogen) atoms. The van der Waals surface area contributed by atoms with E-state index in [4.69, 9.17) is 0 Å². The molecule has 3 heterocycles. The number of nitrogens with zero attached hydrogens (tertiary/aromatic N) is 7. The van der Waals surface area contributed by atoms with Gasteiger partial charge in [-0.25, -0.2) is 4.98 Å². The minimum absolute atomic E-state index is 0.0750. The van der Waals surface area contributed by atoms with Crippen LogP contribution in [0.25, 0.3) is 0 Å². The van der Waals surface area contributed by atoms with Crippen molar-refractivity contribution < 1.29 is 4.79 Å². The van der Waals surface area contributed by atoms with Gasteiger partial charge in [0.2, 0.25) is 0 Å². The average molecular weight is 520 g/mol. The van der Waals surface area contributed by atoms with Crippen LogP contribution in [0.2, 0.25) is 0 Å². The fourth-order valence-electron chi connectivity index (χ4n) is 5.56. The van der Waals surface area contributed by atoms with E-state index in [9.17, 15) is 15.3 Å². The van der Waals surface area contributed by atoms with Crippen molar-refractivity contribution in [3.8, 4) is 12.1 Å². The Morgan fingerprint density at radius 1 is 0.821 bits per heavy atom. The van der Waals surface area contributed by atoms with Gasteiger partial charge < -0.3 is 14.7 Å². The summed E-state index contributed by atoms with van der Waals surface area (Å²) in [5.41, 5.74) is 6.36. The van der Waals surface area contributed by atoms with Gasteiger partial charge in [0.05, 0.1) is 16.8 Å². The molecule has 0 spiro atoms. The molecule has 0 atom stereocenters. The summed E-state index contributed by atoms with van der Waals surface area (Å²) in [5.74, 6) is 0.834. The van der Waals surface area contributed by atoms with Gasteiger partial charge in [-0.1, -0.05) is 18.2 Å². The first-order valence-electron chi connectivity index (χ1n) is 13.4. The van der Waals surface area contributed by atoms with Crippen LogP contribution in [0.1, 0.15) is 38.2 Å². The van der Waals surface area contributed by atoms with Crippen LogP contribution in [-0.4, -0.2) is 73.0 Å². The van der Waals surface area contributed by atoms with Gasteiger partial charge in [0.15, 0.2) is 0 Å². The highest BCUT2D eigenvalue weighted by molar-refractivity contribution is 5.96. The number of para-hydroxylation sites is 1. The van der Waals surface area contributed by atoms with E-state index < -0.39 is 0 Å². The number of carbonyl (C=O) groups is 1. The Morgan fingerprint density at radius 3 is 2.21 bits per heavy atom. The number of aromatic nitrogens is 1. The number of rotatable bonds is 5. The van der Waals surface area contributed by atoms with Crippen molar-refractivity contribution in [1.29, 1.82) is 10.5 Å². The topological polar surface area (TPSA) is 90.5 Å². The second-order valence-electron chi connectivity index (χ2n) is 10.3. The molecular weight excluding hydrogens is 486 g/mol. The van der Waals surface area contributed by atoms with Crippen LogP contribution in [0.3, 0.4) is 0 Å². The number of hydrogen-bond acceptors (Lipinski definition) is 7. The Labute approximate surface area is 230 Å². The molecule has 0 aliphatic carbocycles. The molecule has 5 rings (SSSR count). The standard InChI is InChI=1S/C31H33N7O/c1-23-18-24(2)28(31(39)38-16-14-36(15-17-38)29-8-4-3-6-25(29)20-32)19-27(23)22-35-10-12-37(13-11-35)30-26(21-33)7-5-9-34-30/h3-9,18-19H,10-17,22H2,1-2H3. The van der Waals surface area contributed by atoms with Gasteiger partial charge in [0.25, 0.3) is 5.91 Å². The molecule has 198 valence electrons. The van der Waals surface area contributed by atoms with Gasteiger partial charge in [-0.3, -0.25) is 9.69 Å². The highest BCUT2D eigenvalue weighted by Gasteiger charge is 2.26. The predicted octanol–water partition coefficient (Wildman–Crippen LogP) is 3.73. The van der Waals surface area contributed by atoms with Gasteiger partial charge in [0, 0.05) is 70.7 Å². The molecule has 0 N–H and O–H groups in total. The summed E-state index contributed by atoms with van der Waals surface area (Å²) in [6.45, 7) is 10.9. The maximum Gasteiger partial charge on any atom is 0.254 e. The lowest BCUT2D eigenvalue weighted by atomic mass is 9.98. The number of anilines is 2. The van der Waals surface area contributed by atoms with Gasteiger partial charge in [-0.15, -0.1) is 0 Å². The molecular formula is C31H33N7O. The molecule has 8 nitrogen and oxygen atoms in total. The van der Waals surface area contributed by atoms with Crippen molar-refractivity contribution in [2.75, 3.05) is 62.2 Å². The Kier molecular flexibility index (Phi) is 7.76. The third-order valence-corrected chi connectivity index (χ3v) is 7.82. The molecule has 2 aromatic carbocycles. The molecule has 1 aromatic heterocycles. The van der Waals surface area contributed by atoms with Crippen LogP contribution in [0.15, 0.2) is 54.7 Å². The number of hydrogen-bond donors (Lipinski definition) is 0. The maximum atomic E-state index is 13.6. The zero-order valence-electron chi connectivity index (χ0n) is 22.6. The summed E-state index contributed by atoms with van der Waals surface area (Å²) in [7, 11) is 0. The molecule has 3 aromatic rings. The number of piperazine rings is 2. The highest BCUT2D eigenvalue weighted by atomic mass is 16.2. The van der Waals surface area contributed by atoms with E-state index in [1.165, 1.54) is 11.1 Å². The van der Waals surface area contributed by atoms with Crippen LogP contribution < -0.4 is 9.80 Å². The van der Waals surface area contributed by atoms with E-state index in [2.05, 4.69) is 50.9 Å². The second-order valence-corrected chi connectivity index (χ2v) is 10.3. The fourth-order valence-corrected chi connectivity index (χ4v) is 5.56. The average Bonchev–Trinajstić information content (AvgIpc) is 2.98. The minimum Gasteiger partial charge on any atom is -0.367 e. The van der Waals surface area contributed by atoms with Gasteiger partial charge in [-0.2, -0.15) is 10.5 Å². The van der Waals surface area contributed by atoms with E-state index in [1.807, 2.05) is 42.2 Å². The third kappa shape index (κ3) is 5.57. The number of aryl methyl sites for hydroxylation is 2. The summed E-state index contributed by atoms with van der Waals surface area (Å²) in [6.07, 6.45) is 1.74. The van der Waals surface area contributed by atoms with Crippen LogP contribution in [0.4, 0.5) is 11.5 Å². The van der Waals surface area contributed by atoms with Crippen molar-refractivity contribution in [2.24, 2.45) is 0 Å². The first-order chi connectivity index (χ1) is 19.0. The van der Waals surface area contributed by atoms with Crippen LogP contribution in [0.5, 0.6) is 0 Å². The first kappa shape index (κ1) is 26.2. The van der Waals surface area contributed by atoms with Crippen LogP contribution in [-0.2, 0) is 6.54 Å². The van der Waals surface area contributed by atoms with E-state index >= 15 is 0 Å². The number of carbonyl (C=O) groups excluding carboxylic acids is 1. The zero-order chi connectivity index (χ0) is 27.4. The Hall–Kier alpha value is -4.40. The second kappa shape index (κ2) is 11.6. The maximum absolute atomic E-state index is 13.6. The van der Waals surface area contributed by atoms with Crippen molar-refractivity contribution in [3.05, 3.63) is 88.1 Å². The lowest BCUT2D eigenvalue weighted by Gasteiger charge is -2.37. The van der Waals surface area contributed by atoms with Crippen LogP contribution in [0, 0.1) is 36.5 Å². The molecule has 2 aliphatic heterocycles. The quantitative estimate of drug-likeness (QED) is 0.507. The summed E-state index contributed by atoms with van der Waals surface area (Å²) < 4.78 is 0. The molecule has 0 unspecified atom stereocenters. The molecule has 8 heteroatoms. The van der Waals surface area contributed by atoms with E-state index in [0.717, 1.165) is 55.4 Å². The predicted molar refractivity (Wildman–Crippen MR) is 152 cm³/mol. The van der Waals surface area contributed by atoms with Gasteiger partial charge >= 0.3 is 0 Å². The van der Waals surface area contributed by atoms with Crippen molar-refractivity contribution in [3.63, 3.8) is 0 Å². The first-order valence-corrected chi connectivity index (χ1v) is 13.4. The normalized spacial score (nSPS) is 16.1. The Morgan fingerprint density at radius 2 is 1.49 bits per heavy atom. The third-order valence-electron chi connectivity index (χ3n) is 7.82. The Bertz CT molecular complexity index is 1440. The molecule has 2 aliphatic rings. The Balaban J connectivity index is 1.23. The van der Waals surface area contributed by atoms with Crippen molar-refractivity contribution in [2.45, 2.75) is 20.4 Å². The van der Waals surface area contributed by atoms with E-state index in [1.54, 1.807) is 12.3 Å². The minimum atomic E-state index is 0.0750. The molecule has 0 saturated carbocycles. The fraction of sp³-hybridized carbons (Fsp3) is 0.355. The summed E-state index contributed by atoms with van der Waals surface area (Å²) in [5, 5.41) is 18.9. The summed E-state index contributed by atoms with van der Waals surface area (Å²) in [4.78, 5) is 26.8. The lowest BCUT2D eigenvalue weighted by molar-refractivity contribution is 0.0746. The number of benzene rings is 2. The van der Waals surface area contributed by atoms with Gasteiger partial charge in [0.1, 0.15) is 18.0 Å². The monoisotopic (exact) mass is 519 g/mol. The SMILES string of the molecule is Cc1cc(C)c(C(=O)N2CCN(c3ccccc3C#N)CC2)cc1CN1CCN(c2ncccc2C#N)CC1. The largest absolute Gasteiger partial charge is 0.367 e. The van der Waals surface area contributed by atoms with Crippen LogP contribution >= 0.6 is 0 Å². The van der Waals surface area contributed by atoms with E-state index in [-0.39, 0.29) is 5.91 Å². The van der Waals surface area contributed by atoms with Gasteiger partial charge in [-0.05, 0) is 60.9 Å². The van der Waals surface area contributed by atoms with E-state index in [0.29, 0.717) is 37.3 Å². The smallest absolute Gasteiger partial charge is 0.254 e. The number of nitriles is 2. The molecule has 2 saturated heterocycles. The lowest BCUT2D eigenvalue weighted by Crippen LogP contribution is -2.49. The summed E-state index contributed by atoms with van der Waals surface area (Å²) >= 11 is 0. The van der Waals surface area contributed by atoms with Crippen molar-refractivity contribution in [1.82, 2.24) is 14.8 Å². The molecule has 2 fully saturated rings. The zero-order valence-corrected chi connectivity index (χ0v) is 22.6.